The maximum Gasteiger partial charge on any atom is 0.270 e. The molecule has 1 fully saturated rings. The predicted octanol–water partition coefficient (Wildman–Crippen LogP) is 6.35. The van der Waals surface area contributed by atoms with Gasteiger partial charge in [-0.1, -0.05) is 53.8 Å². The summed E-state index contributed by atoms with van der Waals surface area (Å²) in [5.41, 5.74) is 2.32. The fourth-order valence-corrected chi connectivity index (χ4v) is 4.84. The number of hydrogen-bond donors (Lipinski definition) is 0. The zero-order chi connectivity index (χ0) is 24.9. The van der Waals surface area contributed by atoms with Crippen LogP contribution in [-0.4, -0.2) is 31.6 Å². The third-order valence-corrected chi connectivity index (χ3v) is 6.77. The molecule has 0 unspecified atom stereocenters. The predicted molar refractivity (Wildman–Crippen MR) is 144 cm³/mol. The van der Waals surface area contributed by atoms with Crippen LogP contribution in [0.4, 0.5) is 5.69 Å². The second-order valence-corrected chi connectivity index (χ2v) is 9.49. The van der Waals surface area contributed by atoms with Crippen LogP contribution < -0.4 is 23.8 Å². The van der Waals surface area contributed by atoms with Crippen LogP contribution >= 0.6 is 35.6 Å². The number of amides is 1. The Kier molecular flexibility index (Phi) is 7.85. The lowest BCUT2D eigenvalue weighted by atomic mass is 10.1. The molecule has 0 spiro atoms. The molecule has 0 radical (unpaired) electrons. The number of methoxy groups -OCH3 is 3. The Labute approximate surface area is 218 Å². The summed E-state index contributed by atoms with van der Waals surface area (Å²) < 4.78 is 22.6. The van der Waals surface area contributed by atoms with E-state index in [1.807, 2.05) is 42.5 Å². The van der Waals surface area contributed by atoms with Crippen molar-refractivity contribution in [2.75, 3.05) is 26.2 Å². The molecule has 6 nitrogen and oxygen atoms in total. The van der Waals surface area contributed by atoms with E-state index in [0.29, 0.717) is 49.5 Å². The molecule has 0 saturated carbocycles. The van der Waals surface area contributed by atoms with E-state index in [1.54, 1.807) is 38.5 Å². The molecule has 1 amide bonds. The number of halogens is 1. The molecule has 4 rings (SSSR count). The van der Waals surface area contributed by atoms with E-state index in [-0.39, 0.29) is 5.91 Å². The number of nitrogens with zero attached hydrogens (tertiary/aromatic N) is 1. The second-order valence-electron chi connectivity index (χ2n) is 7.38. The van der Waals surface area contributed by atoms with Crippen LogP contribution in [0.5, 0.6) is 23.0 Å². The first-order valence-electron chi connectivity index (χ1n) is 10.5. The average Bonchev–Trinajstić information content (AvgIpc) is 3.15. The van der Waals surface area contributed by atoms with E-state index in [9.17, 15) is 4.79 Å². The van der Waals surface area contributed by atoms with Gasteiger partial charge in [-0.25, -0.2) is 0 Å². The topological polar surface area (TPSA) is 57.2 Å². The van der Waals surface area contributed by atoms with Crippen molar-refractivity contribution >= 4 is 57.6 Å². The van der Waals surface area contributed by atoms with Crippen LogP contribution in [0.3, 0.4) is 0 Å². The maximum absolute atomic E-state index is 13.2. The molecule has 180 valence electrons. The lowest BCUT2D eigenvalue weighted by molar-refractivity contribution is -0.113. The van der Waals surface area contributed by atoms with Crippen molar-refractivity contribution in [2.24, 2.45) is 0 Å². The largest absolute Gasteiger partial charge is 0.497 e. The summed E-state index contributed by atoms with van der Waals surface area (Å²) in [6, 6.07) is 18.2. The highest BCUT2D eigenvalue weighted by Gasteiger charge is 2.35. The summed E-state index contributed by atoms with van der Waals surface area (Å²) in [4.78, 5) is 15.2. The minimum Gasteiger partial charge on any atom is -0.497 e. The van der Waals surface area contributed by atoms with E-state index in [2.05, 4.69) is 0 Å². The molecule has 1 saturated heterocycles. The van der Waals surface area contributed by atoms with Gasteiger partial charge in [0.2, 0.25) is 0 Å². The van der Waals surface area contributed by atoms with Gasteiger partial charge in [-0.05, 0) is 53.6 Å². The first kappa shape index (κ1) is 24.9. The molecule has 1 aliphatic heterocycles. The number of benzene rings is 3. The zero-order valence-electron chi connectivity index (χ0n) is 19.2. The Hall–Kier alpha value is -3.20. The molecule has 0 bridgehead atoms. The monoisotopic (exact) mass is 527 g/mol. The van der Waals surface area contributed by atoms with Crippen molar-refractivity contribution in [3.8, 4) is 23.0 Å². The van der Waals surface area contributed by atoms with Gasteiger partial charge in [0.1, 0.15) is 18.1 Å². The van der Waals surface area contributed by atoms with Crippen LogP contribution in [0.15, 0.2) is 65.6 Å². The van der Waals surface area contributed by atoms with Gasteiger partial charge in [0, 0.05) is 11.1 Å². The van der Waals surface area contributed by atoms with Gasteiger partial charge in [0.25, 0.3) is 5.91 Å². The number of carbonyl (C=O) groups excluding carboxylic acids is 1. The summed E-state index contributed by atoms with van der Waals surface area (Å²) in [5.74, 6) is 2.03. The summed E-state index contributed by atoms with van der Waals surface area (Å²) in [7, 11) is 4.68. The molecule has 0 atom stereocenters. The van der Waals surface area contributed by atoms with Gasteiger partial charge >= 0.3 is 0 Å². The van der Waals surface area contributed by atoms with Crippen LogP contribution in [-0.2, 0) is 11.4 Å². The molecule has 0 aromatic heterocycles. The number of thiocarbonyl (C=S) groups is 1. The quantitative estimate of drug-likeness (QED) is 0.250. The van der Waals surface area contributed by atoms with E-state index in [4.69, 9.17) is 42.8 Å². The molecule has 3 aromatic carbocycles. The standard InChI is InChI=1S/C26H22ClNO5S2/c1-30-19-9-10-20(22(14-19)31-2)28-25(29)24(35-26(28)34)13-17-6-11-21(23(12-17)32-3)33-15-16-4-7-18(27)8-5-16/h4-14H,15H2,1-3H3/b24-13-. The number of carbonyl (C=O) groups is 1. The van der Waals surface area contributed by atoms with Crippen LogP contribution in [0, 0.1) is 0 Å². The Balaban J connectivity index is 1.55. The summed E-state index contributed by atoms with van der Waals surface area (Å²) in [5, 5.41) is 0.673. The molecular formula is C26H22ClNO5S2. The molecule has 35 heavy (non-hydrogen) atoms. The summed E-state index contributed by atoms with van der Waals surface area (Å²) >= 11 is 12.7. The minimum absolute atomic E-state index is 0.231. The number of rotatable bonds is 8. The van der Waals surface area contributed by atoms with Gasteiger partial charge < -0.3 is 18.9 Å². The SMILES string of the molecule is COc1ccc(N2C(=O)/C(=C/c3ccc(OCc4ccc(Cl)cc4)c(OC)c3)SC2=S)c(OC)c1. The van der Waals surface area contributed by atoms with E-state index in [1.165, 1.54) is 23.8 Å². The van der Waals surface area contributed by atoms with Crippen molar-refractivity contribution in [3.63, 3.8) is 0 Å². The molecule has 1 heterocycles. The zero-order valence-corrected chi connectivity index (χ0v) is 21.6. The van der Waals surface area contributed by atoms with Gasteiger partial charge in [0.05, 0.1) is 31.9 Å². The third kappa shape index (κ3) is 5.56. The Morgan fingerprint density at radius 1 is 0.914 bits per heavy atom. The van der Waals surface area contributed by atoms with Crippen LogP contribution in [0.25, 0.3) is 6.08 Å². The fraction of sp³-hybridized carbons (Fsp3) is 0.154. The highest BCUT2D eigenvalue weighted by atomic mass is 35.5. The van der Waals surface area contributed by atoms with Crippen molar-refractivity contribution in [1.82, 2.24) is 0 Å². The van der Waals surface area contributed by atoms with Crippen molar-refractivity contribution in [3.05, 3.63) is 81.7 Å². The highest BCUT2D eigenvalue weighted by Crippen LogP contribution is 2.41. The van der Waals surface area contributed by atoms with Crippen molar-refractivity contribution in [2.45, 2.75) is 6.61 Å². The fourth-order valence-electron chi connectivity index (χ4n) is 3.43. The highest BCUT2D eigenvalue weighted by molar-refractivity contribution is 8.27. The van der Waals surface area contributed by atoms with Crippen molar-refractivity contribution < 1.29 is 23.7 Å². The Morgan fingerprint density at radius 3 is 2.34 bits per heavy atom. The number of thioether (sulfide) groups is 1. The lowest BCUT2D eigenvalue weighted by Crippen LogP contribution is -2.27. The molecule has 1 aliphatic rings. The summed E-state index contributed by atoms with van der Waals surface area (Å²) in [6.45, 7) is 0.370. The number of ether oxygens (including phenoxy) is 4. The van der Waals surface area contributed by atoms with Gasteiger partial charge in [-0.2, -0.15) is 0 Å². The second kappa shape index (κ2) is 11.0. The van der Waals surface area contributed by atoms with Crippen LogP contribution in [0.1, 0.15) is 11.1 Å². The minimum atomic E-state index is -0.231. The Morgan fingerprint density at radius 2 is 1.66 bits per heavy atom. The van der Waals surface area contributed by atoms with Crippen molar-refractivity contribution in [1.29, 1.82) is 0 Å². The Bertz CT molecular complexity index is 1290. The normalized spacial score (nSPS) is 14.4. The first-order chi connectivity index (χ1) is 16.9. The molecule has 0 N–H and O–H groups in total. The number of hydrogen-bond acceptors (Lipinski definition) is 7. The molecule has 3 aromatic rings. The number of anilines is 1. The average molecular weight is 528 g/mol. The first-order valence-corrected chi connectivity index (χ1v) is 12.1. The molecule has 9 heteroatoms. The van der Waals surface area contributed by atoms with Gasteiger partial charge in [0.15, 0.2) is 15.8 Å². The van der Waals surface area contributed by atoms with E-state index >= 15 is 0 Å². The molecule has 0 aliphatic carbocycles. The smallest absolute Gasteiger partial charge is 0.270 e. The lowest BCUT2D eigenvalue weighted by Gasteiger charge is -2.18. The third-order valence-electron chi connectivity index (χ3n) is 5.21. The van der Waals surface area contributed by atoms with E-state index in [0.717, 1.165) is 11.1 Å². The van der Waals surface area contributed by atoms with Gasteiger partial charge in [-0.3, -0.25) is 9.69 Å². The van der Waals surface area contributed by atoms with E-state index < -0.39 is 0 Å². The van der Waals surface area contributed by atoms with Crippen LogP contribution in [0.2, 0.25) is 5.02 Å². The maximum atomic E-state index is 13.2. The van der Waals surface area contributed by atoms with Gasteiger partial charge in [-0.15, -0.1) is 0 Å². The summed E-state index contributed by atoms with van der Waals surface area (Å²) in [6.07, 6.45) is 1.78. The molecular weight excluding hydrogens is 506 g/mol.